The highest BCUT2D eigenvalue weighted by atomic mass is 16.3. The third-order valence-corrected chi connectivity index (χ3v) is 4.09. The predicted molar refractivity (Wildman–Crippen MR) is 69.5 cm³/mol. The largest absolute Gasteiger partial charge is 0.508 e. The smallest absolute Gasteiger partial charge is 0.122 e. The number of phenolic OH excluding ortho intramolecular Hbond substituents is 2. The van der Waals surface area contributed by atoms with Crippen molar-refractivity contribution < 1.29 is 10.2 Å². The van der Waals surface area contributed by atoms with Gasteiger partial charge in [0.1, 0.15) is 11.5 Å². The Kier molecular flexibility index (Phi) is 3.60. The van der Waals surface area contributed by atoms with Crippen LogP contribution < -0.4 is 0 Å². The molecule has 17 heavy (non-hydrogen) atoms. The highest BCUT2D eigenvalue weighted by molar-refractivity contribution is 5.49. The molecule has 2 N–H and O–H groups in total. The van der Waals surface area contributed by atoms with Crippen molar-refractivity contribution in [2.75, 3.05) is 0 Å². The molecule has 2 rings (SSSR count). The van der Waals surface area contributed by atoms with Crippen LogP contribution in [0, 0.1) is 5.92 Å². The average molecular weight is 234 g/mol. The maximum atomic E-state index is 9.86. The topological polar surface area (TPSA) is 40.5 Å². The molecule has 1 aliphatic rings. The highest BCUT2D eigenvalue weighted by Crippen LogP contribution is 2.45. The molecule has 0 amide bonds. The summed E-state index contributed by atoms with van der Waals surface area (Å²) in [6.07, 6.45) is 6.00. The number of rotatable bonds is 4. The van der Waals surface area contributed by atoms with E-state index in [1.54, 1.807) is 0 Å². The fraction of sp³-hybridized carbons (Fsp3) is 0.600. The molecule has 94 valence electrons. The van der Waals surface area contributed by atoms with E-state index in [-0.39, 0.29) is 11.5 Å². The van der Waals surface area contributed by atoms with E-state index in [1.165, 1.54) is 31.7 Å². The fourth-order valence-corrected chi connectivity index (χ4v) is 2.99. The SMILES string of the molecule is CCCCC[C@@H]1Cc2c(O)cc(O)cc2[C@H]1C. The molecule has 2 atom stereocenters. The highest BCUT2D eigenvalue weighted by Gasteiger charge is 2.31. The predicted octanol–water partition coefficient (Wildman–Crippen LogP) is 3.95. The number of hydrogen-bond acceptors (Lipinski definition) is 2. The van der Waals surface area contributed by atoms with E-state index in [4.69, 9.17) is 0 Å². The van der Waals surface area contributed by atoms with E-state index in [9.17, 15) is 10.2 Å². The Morgan fingerprint density at radius 1 is 1.24 bits per heavy atom. The first-order chi connectivity index (χ1) is 8.13. The molecule has 0 fully saturated rings. The van der Waals surface area contributed by atoms with E-state index < -0.39 is 0 Å². The summed E-state index contributed by atoms with van der Waals surface area (Å²) in [5.74, 6) is 1.54. The maximum Gasteiger partial charge on any atom is 0.122 e. The molecule has 2 nitrogen and oxygen atoms in total. The van der Waals surface area contributed by atoms with Crippen molar-refractivity contribution in [1.82, 2.24) is 0 Å². The molecule has 0 aliphatic heterocycles. The zero-order chi connectivity index (χ0) is 12.4. The Morgan fingerprint density at radius 3 is 2.71 bits per heavy atom. The lowest BCUT2D eigenvalue weighted by Gasteiger charge is -2.15. The number of benzene rings is 1. The van der Waals surface area contributed by atoms with Gasteiger partial charge in [0.25, 0.3) is 0 Å². The molecule has 0 radical (unpaired) electrons. The maximum absolute atomic E-state index is 9.86. The monoisotopic (exact) mass is 234 g/mol. The Hall–Kier alpha value is -1.18. The van der Waals surface area contributed by atoms with Crippen LogP contribution in [0.5, 0.6) is 11.5 Å². The third kappa shape index (κ3) is 2.41. The van der Waals surface area contributed by atoms with Gasteiger partial charge in [-0.2, -0.15) is 0 Å². The van der Waals surface area contributed by atoms with Crippen molar-refractivity contribution in [1.29, 1.82) is 0 Å². The van der Waals surface area contributed by atoms with Gasteiger partial charge in [0.15, 0.2) is 0 Å². The molecular formula is C15H22O2. The molecule has 1 aromatic rings. The van der Waals surface area contributed by atoms with Gasteiger partial charge < -0.3 is 10.2 Å². The van der Waals surface area contributed by atoms with Crippen molar-refractivity contribution in [3.63, 3.8) is 0 Å². The minimum Gasteiger partial charge on any atom is -0.508 e. The van der Waals surface area contributed by atoms with Crippen LogP contribution in [0.4, 0.5) is 0 Å². The van der Waals surface area contributed by atoms with Gasteiger partial charge in [-0.1, -0.05) is 33.1 Å². The van der Waals surface area contributed by atoms with Crippen molar-refractivity contribution in [2.24, 2.45) is 5.92 Å². The quantitative estimate of drug-likeness (QED) is 0.774. The van der Waals surface area contributed by atoms with Gasteiger partial charge in [-0.15, -0.1) is 0 Å². The fourth-order valence-electron chi connectivity index (χ4n) is 2.99. The summed E-state index contributed by atoms with van der Waals surface area (Å²) in [5.41, 5.74) is 2.20. The minimum atomic E-state index is 0.183. The van der Waals surface area contributed by atoms with Gasteiger partial charge in [0, 0.05) is 6.07 Å². The molecule has 0 aromatic heterocycles. The van der Waals surface area contributed by atoms with Crippen LogP contribution in [-0.4, -0.2) is 10.2 Å². The summed E-state index contributed by atoms with van der Waals surface area (Å²) in [6.45, 7) is 4.43. The van der Waals surface area contributed by atoms with E-state index >= 15 is 0 Å². The lowest BCUT2D eigenvalue weighted by molar-refractivity contribution is 0.420. The van der Waals surface area contributed by atoms with Crippen molar-refractivity contribution in [2.45, 2.75) is 51.9 Å². The van der Waals surface area contributed by atoms with E-state index in [1.807, 2.05) is 6.07 Å². The summed E-state index contributed by atoms with van der Waals surface area (Å²) >= 11 is 0. The van der Waals surface area contributed by atoms with Crippen molar-refractivity contribution in [3.05, 3.63) is 23.3 Å². The zero-order valence-corrected chi connectivity index (χ0v) is 10.7. The zero-order valence-electron chi connectivity index (χ0n) is 10.7. The van der Waals surface area contributed by atoms with Crippen LogP contribution in [0.1, 0.15) is 56.6 Å². The summed E-state index contributed by atoms with van der Waals surface area (Å²) in [6, 6.07) is 3.28. The molecule has 0 saturated carbocycles. The normalized spacial score (nSPS) is 22.7. The lowest BCUT2D eigenvalue weighted by Crippen LogP contribution is -2.04. The number of fused-ring (bicyclic) bond motifs is 1. The second kappa shape index (κ2) is 4.99. The molecular weight excluding hydrogens is 212 g/mol. The molecule has 0 spiro atoms. The van der Waals surface area contributed by atoms with E-state index in [0.717, 1.165) is 17.5 Å². The summed E-state index contributed by atoms with van der Waals surface area (Å²) in [5, 5.41) is 19.4. The second-order valence-electron chi connectivity index (χ2n) is 5.28. The van der Waals surface area contributed by atoms with Gasteiger partial charge in [0.05, 0.1) is 0 Å². The van der Waals surface area contributed by atoms with E-state index in [0.29, 0.717) is 11.8 Å². The minimum absolute atomic E-state index is 0.183. The molecule has 0 heterocycles. The Morgan fingerprint density at radius 2 is 2.00 bits per heavy atom. The Labute approximate surface area is 103 Å². The van der Waals surface area contributed by atoms with Crippen molar-refractivity contribution in [3.8, 4) is 11.5 Å². The molecule has 0 saturated heterocycles. The van der Waals surface area contributed by atoms with Crippen LogP contribution in [0.15, 0.2) is 12.1 Å². The van der Waals surface area contributed by atoms with Gasteiger partial charge in [-0.05, 0) is 41.9 Å². The summed E-state index contributed by atoms with van der Waals surface area (Å²) < 4.78 is 0. The van der Waals surface area contributed by atoms with E-state index in [2.05, 4.69) is 13.8 Å². The number of aromatic hydroxyl groups is 2. The summed E-state index contributed by atoms with van der Waals surface area (Å²) in [7, 11) is 0. The summed E-state index contributed by atoms with van der Waals surface area (Å²) in [4.78, 5) is 0. The Balaban J connectivity index is 2.12. The van der Waals surface area contributed by atoms with Crippen LogP contribution in [-0.2, 0) is 6.42 Å². The lowest BCUT2D eigenvalue weighted by atomic mass is 9.90. The molecule has 0 bridgehead atoms. The number of phenols is 2. The first-order valence-electron chi connectivity index (χ1n) is 6.68. The first kappa shape index (κ1) is 12.3. The molecule has 1 aromatic carbocycles. The number of unbranched alkanes of at least 4 members (excludes halogenated alkanes) is 2. The standard InChI is InChI=1S/C15H22O2/c1-3-4-5-6-11-7-14-13(10(11)2)8-12(16)9-15(14)17/h8-11,16-17H,3-7H2,1-2H3/t10-,11+/m0/s1. The number of hydrogen-bond donors (Lipinski definition) is 2. The van der Waals surface area contributed by atoms with Gasteiger partial charge in [0.2, 0.25) is 0 Å². The van der Waals surface area contributed by atoms with Gasteiger partial charge >= 0.3 is 0 Å². The molecule has 0 unspecified atom stereocenters. The third-order valence-electron chi connectivity index (χ3n) is 4.09. The van der Waals surface area contributed by atoms with Gasteiger partial charge in [-0.3, -0.25) is 0 Å². The average Bonchev–Trinajstić information content (AvgIpc) is 2.58. The Bertz CT molecular complexity index is 398. The second-order valence-corrected chi connectivity index (χ2v) is 5.28. The van der Waals surface area contributed by atoms with Crippen LogP contribution in [0.25, 0.3) is 0 Å². The van der Waals surface area contributed by atoms with Crippen molar-refractivity contribution >= 4 is 0 Å². The van der Waals surface area contributed by atoms with Gasteiger partial charge in [-0.25, -0.2) is 0 Å². The molecule has 2 heteroatoms. The van der Waals surface area contributed by atoms with Crippen LogP contribution in [0.3, 0.4) is 0 Å². The van der Waals surface area contributed by atoms with Crippen LogP contribution >= 0.6 is 0 Å². The first-order valence-corrected chi connectivity index (χ1v) is 6.68. The molecule has 1 aliphatic carbocycles. The van der Waals surface area contributed by atoms with Crippen LogP contribution in [0.2, 0.25) is 0 Å².